The minimum absolute atomic E-state index is 0.0495. The standard InChI is InChI=1S/C29H38FN3O3/c1-20(34)28(27-17-23(30)8-10-26(27)22-12-16-35-19-22)33-14-11-25(18-33)36-15-3-2-6-24-9-7-21-5-4-13-31-29(21)32-24/h7-10,17,22,25,28H,2-6,11-16,18-19H2,1H3,(H,31,32)/t22-,25-,28?/m1/s1. The third-order valence-electron chi connectivity index (χ3n) is 7.77. The number of benzene rings is 1. The lowest BCUT2D eigenvalue weighted by Gasteiger charge is -2.29. The summed E-state index contributed by atoms with van der Waals surface area (Å²) >= 11 is 0. The molecule has 1 aromatic heterocycles. The minimum Gasteiger partial charge on any atom is -0.381 e. The summed E-state index contributed by atoms with van der Waals surface area (Å²) in [6.45, 7) is 6.14. The van der Waals surface area contributed by atoms with Crippen LogP contribution in [0, 0.1) is 5.82 Å². The van der Waals surface area contributed by atoms with Gasteiger partial charge in [-0.05, 0) is 86.8 Å². The molecule has 3 atom stereocenters. The van der Waals surface area contributed by atoms with Crippen molar-refractivity contribution in [2.45, 2.75) is 69.9 Å². The van der Waals surface area contributed by atoms with Crippen LogP contribution in [0.5, 0.6) is 0 Å². The number of carbonyl (C=O) groups is 1. The van der Waals surface area contributed by atoms with Crippen LogP contribution in [-0.2, 0) is 27.1 Å². The van der Waals surface area contributed by atoms with Gasteiger partial charge in [-0.3, -0.25) is 9.69 Å². The molecule has 0 saturated carbocycles. The number of anilines is 1. The van der Waals surface area contributed by atoms with Gasteiger partial charge in [0, 0.05) is 44.5 Å². The zero-order valence-corrected chi connectivity index (χ0v) is 21.3. The molecular formula is C29H38FN3O3. The molecule has 4 heterocycles. The fourth-order valence-electron chi connectivity index (χ4n) is 5.90. The third-order valence-corrected chi connectivity index (χ3v) is 7.77. The minimum atomic E-state index is -0.436. The van der Waals surface area contributed by atoms with Crippen molar-refractivity contribution >= 4 is 11.6 Å². The van der Waals surface area contributed by atoms with Gasteiger partial charge in [0.1, 0.15) is 11.6 Å². The Morgan fingerprint density at radius 1 is 1.28 bits per heavy atom. The zero-order chi connectivity index (χ0) is 24.9. The average Bonchev–Trinajstić information content (AvgIpc) is 3.57. The van der Waals surface area contributed by atoms with Crippen molar-refractivity contribution in [3.8, 4) is 0 Å². The average molecular weight is 496 g/mol. The Bertz CT molecular complexity index is 1060. The Kier molecular flexibility index (Phi) is 8.29. The topological polar surface area (TPSA) is 63.7 Å². The second-order valence-corrected chi connectivity index (χ2v) is 10.4. The van der Waals surface area contributed by atoms with Crippen LogP contribution in [0.2, 0.25) is 0 Å². The molecule has 7 heteroatoms. The van der Waals surface area contributed by atoms with Gasteiger partial charge in [-0.15, -0.1) is 0 Å². The summed E-state index contributed by atoms with van der Waals surface area (Å²) in [5.41, 5.74) is 4.30. The molecule has 0 bridgehead atoms. The van der Waals surface area contributed by atoms with Gasteiger partial charge in [-0.1, -0.05) is 12.1 Å². The van der Waals surface area contributed by atoms with Crippen LogP contribution in [0.15, 0.2) is 30.3 Å². The molecule has 1 unspecified atom stereocenters. The van der Waals surface area contributed by atoms with Crippen LogP contribution in [0.25, 0.3) is 0 Å². The number of carbonyl (C=O) groups excluding carboxylic acids is 1. The van der Waals surface area contributed by atoms with Crippen LogP contribution < -0.4 is 5.32 Å². The summed E-state index contributed by atoms with van der Waals surface area (Å²) < 4.78 is 26.1. The molecule has 0 radical (unpaired) electrons. The first-order valence-corrected chi connectivity index (χ1v) is 13.5. The third kappa shape index (κ3) is 5.96. The number of likely N-dealkylation sites (tertiary alicyclic amines) is 1. The highest BCUT2D eigenvalue weighted by Gasteiger charge is 2.35. The maximum absolute atomic E-state index is 14.3. The number of hydrogen-bond donors (Lipinski definition) is 1. The molecule has 1 N–H and O–H groups in total. The predicted molar refractivity (Wildman–Crippen MR) is 138 cm³/mol. The van der Waals surface area contributed by atoms with Crippen molar-refractivity contribution < 1.29 is 18.7 Å². The summed E-state index contributed by atoms with van der Waals surface area (Å²) in [4.78, 5) is 19.7. The number of unbranched alkanes of at least 4 members (excludes halogenated alkanes) is 1. The SMILES string of the molecule is CC(=O)C(c1cc(F)ccc1[C@@H]1CCOC1)N1CC[C@@H](OCCCCc2ccc3c(n2)NCCC3)C1. The van der Waals surface area contributed by atoms with Crippen molar-refractivity contribution in [2.75, 3.05) is 44.8 Å². The molecule has 36 heavy (non-hydrogen) atoms. The predicted octanol–water partition coefficient (Wildman–Crippen LogP) is 4.83. The molecule has 3 aliphatic heterocycles. The second kappa shape index (κ2) is 11.8. The maximum atomic E-state index is 14.3. The van der Waals surface area contributed by atoms with E-state index in [9.17, 15) is 9.18 Å². The first-order chi connectivity index (χ1) is 17.6. The monoisotopic (exact) mass is 495 g/mol. The van der Waals surface area contributed by atoms with Gasteiger partial charge >= 0.3 is 0 Å². The number of Topliss-reactive ketones (excluding diaryl/α,β-unsaturated/α-hetero) is 1. The van der Waals surface area contributed by atoms with Gasteiger partial charge in [0.2, 0.25) is 0 Å². The highest BCUT2D eigenvalue weighted by Crippen LogP contribution is 2.36. The van der Waals surface area contributed by atoms with E-state index in [4.69, 9.17) is 14.5 Å². The van der Waals surface area contributed by atoms with E-state index in [1.165, 1.54) is 18.1 Å². The lowest BCUT2D eigenvalue weighted by molar-refractivity contribution is -0.122. The molecule has 0 amide bonds. The number of aromatic nitrogens is 1. The number of nitrogens with zero attached hydrogens (tertiary/aromatic N) is 2. The molecule has 1 aromatic carbocycles. The van der Waals surface area contributed by atoms with E-state index in [0.29, 0.717) is 26.4 Å². The number of ether oxygens (including phenoxy) is 2. The number of nitrogens with one attached hydrogen (secondary N) is 1. The van der Waals surface area contributed by atoms with E-state index in [0.717, 1.165) is 74.3 Å². The van der Waals surface area contributed by atoms with Crippen LogP contribution in [-0.4, -0.2) is 61.2 Å². The Morgan fingerprint density at radius 2 is 2.19 bits per heavy atom. The highest BCUT2D eigenvalue weighted by molar-refractivity contribution is 5.83. The molecular weight excluding hydrogens is 457 g/mol. The number of rotatable bonds is 10. The van der Waals surface area contributed by atoms with Crippen molar-refractivity contribution in [3.05, 3.63) is 58.5 Å². The summed E-state index contributed by atoms with van der Waals surface area (Å²) in [5, 5.41) is 3.41. The Balaban J connectivity index is 1.12. The Labute approximate surface area is 213 Å². The van der Waals surface area contributed by atoms with E-state index in [1.807, 2.05) is 6.07 Å². The van der Waals surface area contributed by atoms with Gasteiger partial charge in [0.05, 0.1) is 18.8 Å². The molecule has 2 aromatic rings. The van der Waals surface area contributed by atoms with E-state index in [-0.39, 0.29) is 23.6 Å². The molecule has 0 aliphatic carbocycles. The first kappa shape index (κ1) is 25.3. The van der Waals surface area contributed by atoms with Crippen molar-refractivity contribution in [1.82, 2.24) is 9.88 Å². The Hall–Kier alpha value is -2.35. The van der Waals surface area contributed by atoms with Crippen molar-refractivity contribution in [3.63, 3.8) is 0 Å². The van der Waals surface area contributed by atoms with E-state index < -0.39 is 6.04 Å². The summed E-state index contributed by atoms with van der Waals surface area (Å²) in [6.07, 6.45) is 7.16. The Morgan fingerprint density at radius 3 is 3.03 bits per heavy atom. The van der Waals surface area contributed by atoms with Crippen LogP contribution >= 0.6 is 0 Å². The number of pyridine rings is 1. The number of halogens is 1. The molecule has 3 aliphatic rings. The lowest BCUT2D eigenvalue weighted by atomic mass is 9.88. The fourth-order valence-corrected chi connectivity index (χ4v) is 5.90. The molecule has 2 fully saturated rings. The first-order valence-electron chi connectivity index (χ1n) is 13.5. The van der Waals surface area contributed by atoms with Gasteiger partial charge < -0.3 is 14.8 Å². The van der Waals surface area contributed by atoms with Crippen LogP contribution in [0.4, 0.5) is 10.2 Å². The van der Waals surface area contributed by atoms with Crippen molar-refractivity contribution in [2.24, 2.45) is 0 Å². The molecule has 0 spiro atoms. The van der Waals surface area contributed by atoms with Crippen LogP contribution in [0.3, 0.4) is 0 Å². The van der Waals surface area contributed by atoms with Crippen molar-refractivity contribution in [1.29, 1.82) is 0 Å². The fraction of sp³-hybridized carbons (Fsp3) is 0.586. The summed E-state index contributed by atoms with van der Waals surface area (Å²) in [5.74, 6) is 1.03. The number of ketones is 1. The second-order valence-electron chi connectivity index (χ2n) is 10.4. The lowest BCUT2D eigenvalue weighted by Crippen LogP contribution is -2.33. The number of aryl methyl sites for hydroxylation is 2. The van der Waals surface area contributed by atoms with Gasteiger partial charge in [0.25, 0.3) is 0 Å². The largest absolute Gasteiger partial charge is 0.381 e. The van der Waals surface area contributed by atoms with E-state index >= 15 is 0 Å². The van der Waals surface area contributed by atoms with E-state index in [2.05, 4.69) is 22.3 Å². The summed E-state index contributed by atoms with van der Waals surface area (Å²) in [6, 6.07) is 8.83. The smallest absolute Gasteiger partial charge is 0.151 e. The molecule has 5 rings (SSSR count). The van der Waals surface area contributed by atoms with Gasteiger partial charge in [0.15, 0.2) is 5.78 Å². The van der Waals surface area contributed by atoms with E-state index in [1.54, 1.807) is 13.0 Å². The quantitative estimate of drug-likeness (QED) is 0.477. The molecule has 6 nitrogen and oxygen atoms in total. The van der Waals surface area contributed by atoms with Gasteiger partial charge in [-0.2, -0.15) is 0 Å². The highest BCUT2D eigenvalue weighted by atomic mass is 19.1. The summed E-state index contributed by atoms with van der Waals surface area (Å²) in [7, 11) is 0. The molecule has 2 saturated heterocycles. The van der Waals surface area contributed by atoms with Crippen LogP contribution in [0.1, 0.15) is 73.4 Å². The normalized spacial score (nSPS) is 22.8. The number of hydrogen-bond acceptors (Lipinski definition) is 6. The molecule has 194 valence electrons. The maximum Gasteiger partial charge on any atom is 0.151 e. The number of fused-ring (bicyclic) bond motifs is 1. The zero-order valence-electron chi connectivity index (χ0n) is 21.3. The van der Waals surface area contributed by atoms with Gasteiger partial charge in [-0.25, -0.2) is 9.37 Å².